The highest BCUT2D eigenvalue weighted by Gasteiger charge is 2.21. The van der Waals surface area contributed by atoms with E-state index in [1.807, 2.05) is 7.05 Å². The zero-order chi connectivity index (χ0) is 14.7. The van der Waals surface area contributed by atoms with Gasteiger partial charge in [0.1, 0.15) is 0 Å². The molecule has 3 N–H and O–H groups in total. The van der Waals surface area contributed by atoms with Crippen LogP contribution in [0.5, 0.6) is 0 Å². The predicted octanol–water partition coefficient (Wildman–Crippen LogP) is 1.86. The quantitative estimate of drug-likeness (QED) is 0.795. The molecule has 108 valence electrons. The Labute approximate surface area is 121 Å². The molecular formula is C13H16ClN3O3. The molecule has 1 aromatic carbocycles. The summed E-state index contributed by atoms with van der Waals surface area (Å²) in [5.41, 5.74) is 0.196. The van der Waals surface area contributed by atoms with Crippen molar-refractivity contribution in [2.45, 2.75) is 12.5 Å². The van der Waals surface area contributed by atoms with Gasteiger partial charge in [-0.15, -0.1) is 0 Å². The molecule has 0 radical (unpaired) electrons. The largest absolute Gasteiger partial charge is 0.478 e. The highest BCUT2D eigenvalue weighted by Crippen LogP contribution is 2.21. The Morgan fingerprint density at radius 3 is 2.80 bits per heavy atom. The summed E-state index contributed by atoms with van der Waals surface area (Å²) in [4.78, 5) is 25.1. The van der Waals surface area contributed by atoms with E-state index in [-0.39, 0.29) is 17.3 Å². The number of carbonyl (C=O) groups excluding carboxylic acids is 1. The van der Waals surface area contributed by atoms with Gasteiger partial charge in [-0.25, -0.2) is 9.59 Å². The van der Waals surface area contributed by atoms with E-state index in [4.69, 9.17) is 16.7 Å². The number of hydrogen-bond donors (Lipinski definition) is 3. The van der Waals surface area contributed by atoms with Crippen molar-refractivity contribution < 1.29 is 14.7 Å². The lowest BCUT2D eigenvalue weighted by Gasteiger charge is -2.14. The molecule has 20 heavy (non-hydrogen) atoms. The normalized spacial score (nSPS) is 18.8. The van der Waals surface area contributed by atoms with Crippen LogP contribution in [0.2, 0.25) is 5.02 Å². The van der Waals surface area contributed by atoms with Crippen LogP contribution < -0.4 is 10.6 Å². The molecule has 1 aliphatic rings. The van der Waals surface area contributed by atoms with Gasteiger partial charge in [0.25, 0.3) is 0 Å². The minimum absolute atomic E-state index is 0.00749. The summed E-state index contributed by atoms with van der Waals surface area (Å²) >= 11 is 5.82. The SMILES string of the molecule is CN1CCC(NC(=O)Nc2cc(Cl)ccc2C(=O)O)C1. The standard InChI is InChI=1S/C13H16ClN3O3/c1-17-5-4-9(7-17)15-13(20)16-11-6-8(14)2-3-10(11)12(18)19/h2-3,6,9H,4-5,7H2,1H3,(H,18,19)(H2,15,16,20). The number of carboxylic acids is 1. The Morgan fingerprint density at radius 1 is 1.45 bits per heavy atom. The first-order valence-electron chi connectivity index (χ1n) is 6.24. The molecule has 6 nitrogen and oxygen atoms in total. The molecule has 7 heteroatoms. The predicted molar refractivity (Wildman–Crippen MR) is 76.5 cm³/mol. The van der Waals surface area contributed by atoms with Gasteiger partial charge in [-0.3, -0.25) is 0 Å². The van der Waals surface area contributed by atoms with Crippen LogP contribution in [0.3, 0.4) is 0 Å². The van der Waals surface area contributed by atoms with Gasteiger partial charge in [-0.05, 0) is 38.2 Å². The van der Waals surface area contributed by atoms with Crippen molar-refractivity contribution in [1.82, 2.24) is 10.2 Å². The molecule has 0 aliphatic carbocycles. The van der Waals surface area contributed by atoms with E-state index >= 15 is 0 Å². The summed E-state index contributed by atoms with van der Waals surface area (Å²) in [5, 5.41) is 14.8. The number of nitrogens with one attached hydrogen (secondary N) is 2. The van der Waals surface area contributed by atoms with E-state index in [2.05, 4.69) is 15.5 Å². The van der Waals surface area contributed by atoms with Crippen molar-refractivity contribution in [1.29, 1.82) is 0 Å². The fourth-order valence-corrected chi connectivity index (χ4v) is 2.38. The number of amides is 2. The molecule has 1 aromatic rings. The number of urea groups is 1. The lowest BCUT2D eigenvalue weighted by Crippen LogP contribution is -2.39. The van der Waals surface area contributed by atoms with Crippen LogP contribution in [0.15, 0.2) is 18.2 Å². The lowest BCUT2D eigenvalue weighted by molar-refractivity contribution is 0.0698. The second-order valence-corrected chi connectivity index (χ2v) is 5.28. The first-order chi connectivity index (χ1) is 9.45. The summed E-state index contributed by atoms with van der Waals surface area (Å²) in [5.74, 6) is -1.11. The number of likely N-dealkylation sites (N-methyl/N-ethyl adjacent to an activating group) is 1. The number of nitrogens with zero attached hydrogens (tertiary/aromatic N) is 1. The zero-order valence-electron chi connectivity index (χ0n) is 11.0. The Bertz CT molecular complexity index is 536. The summed E-state index contributed by atoms with van der Waals surface area (Å²) in [6, 6.07) is 3.91. The van der Waals surface area contributed by atoms with E-state index in [0.717, 1.165) is 19.5 Å². The van der Waals surface area contributed by atoms with Crippen molar-refractivity contribution >= 4 is 29.3 Å². The second kappa shape index (κ2) is 6.11. The fraction of sp³-hybridized carbons (Fsp3) is 0.385. The molecule has 1 heterocycles. The van der Waals surface area contributed by atoms with Crippen LogP contribution >= 0.6 is 11.6 Å². The van der Waals surface area contributed by atoms with Gasteiger partial charge in [0.05, 0.1) is 11.3 Å². The van der Waals surface area contributed by atoms with Crippen LogP contribution in [-0.4, -0.2) is 48.2 Å². The highest BCUT2D eigenvalue weighted by molar-refractivity contribution is 6.31. The Morgan fingerprint density at radius 2 is 2.20 bits per heavy atom. The number of halogens is 1. The second-order valence-electron chi connectivity index (χ2n) is 4.84. The van der Waals surface area contributed by atoms with Gasteiger partial charge in [-0.2, -0.15) is 0 Å². The molecule has 1 unspecified atom stereocenters. The smallest absolute Gasteiger partial charge is 0.337 e. The van der Waals surface area contributed by atoms with Crippen LogP contribution in [0, 0.1) is 0 Å². The van der Waals surface area contributed by atoms with E-state index in [1.165, 1.54) is 18.2 Å². The van der Waals surface area contributed by atoms with Crippen LogP contribution in [0.4, 0.5) is 10.5 Å². The van der Waals surface area contributed by atoms with Gasteiger partial charge < -0.3 is 20.6 Å². The van der Waals surface area contributed by atoms with E-state index in [9.17, 15) is 9.59 Å². The third-order valence-corrected chi connectivity index (χ3v) is 3.42. The molecule has 1 saturated heterocycles. The number of carbonyl (C=O) groups is 2. The average Bonchev–Trinajstić information content (AvgIpc) is 2.74. The van der Waals surface area contributed by atoms with Crippen molar-refractivity contribution in [2.24, 2.45) is 0 Å². The summed E-state index contributed by atoms with van der Waals surface area (Å²) in [7, 11) is 1.99. The maximum Gasteiger partial charge on any atom is 0.337 e. The number of hydrogen-bond acceptors (Lipinski definition) is 3. The third kappa shape index (κ3) is 3.61. The molecule has 1 atom stereocenters. The molecular weight excluding hydrogens is 282 g/mol. The number of anilines is 1. The Hall–Kier alpha value is -1.79. The maximum atomic E-state index is 11.9. The minimum Gasteiger partial charge on any atom is -0.478 e. The van der Waals surface area contributed by atoms with E-state index in [0.29, 0.717) is 5.02 Å². The summed E-state index contributed by atoms with van der Waals surface area (Å²) < 4.78 is 0. The molecule has 0 spiro atoms. The molecule has 1 aliphatic heterocycles. The first kappa shape index (κ1) is 14.6. The van der Waals surface area contributed by atoms with Gasteiger partial charge in [0.15, 0.2) is 0 Å². The molecule has 0 aromatic heterocycles. The number of benzene rings is 1. The lowest BCUT2D eigenvalue weighted by atomic mass is 10.2. The first-order valence-corrected chi connectivity index (χ1v) is 6.62. The van der Waals surface area contributed by atoms with Crippen LogP contribution in [0.1, 0.15) is 16.8 Å². The van der Waals surface area contributed by atoms with Gasteiger partial charge in [0, 0.05) is 17.6 Å². The summed E-state index contributed by atoms with van der Waals surface area (Å²) in [6.45, 7) is 1.72. The number of aromatic carboxylic acids is 1. The van der Waals surface area contributed by atoms with Crippen molar-refractivity contribution in [3.63, 3.8) is 0 Å². The van der Waals surface area contributed by atoms with Gasteiger partial charge in [0.2, 0.25) is 0 Å². The van der Waals surface area contributed by atoms with Gasteiger partial charge in [-0.1, -0.05) is 11.6 Å². The number of likely N-dealkylation sites (tertiary alicyclic amines) is 1. The Balaban J connectivity index is 2.03. The number of rotatable bonds is 3. The zero-order valence-corrected chi connectivity index (χ0v) is 11.8. The Kier molecular flexibility index (Phi) is 4.46. The van der Waals surface area contributed by atoms with Gasteiger partial charge >= 0.3 is 12.0 Å². The summed E-state index contributed by atoms with van der Waals surface area (Å²) in [6.07, 6.45) is 0.880. The number of carboxylic acid groups (broad SMARTS) is 1. The van der Waals surface area contributed by atoms with Crippen LogP contribution in [-0.2, 0) is 0 Å². The van der Waals surface area contributed by atoms with Crippen molar-refractivity contribution in [3.8, 4) is 0 Å². The van der Waals surface area contributed by atoms with E-state index < -0.39 is 12.0 Å². The van der Waals surface area contributed by atoms with Crippen LogP contribution in [0.25, 0.3) is 0 Å². The minimum atomic E-state index is -1.11. The maximum absolute atomic E-state index is 11.9. The fourth-order valence-electron chi connectivity index (χ4n) is 2.20. The van der Waals surface area contributed by atoms with E-state index in [1.54, 1.807) is 0 Å². The van der Waals surface area contributed by atoms with Crippen molar-refractivity contribution in [2.75, 3.05) is 25.5 Å². The topological polar surface area (TPSA) is 81.7 Å². The molecule has 2 amide bonds. The third-order valence-electron chi connectivity index (χ3n) is 3.19. The molecule has 2 rings (SSSR count). The van der Waals surface area contributed by atoms with Crippen molar-refractivity contribution in [3.05, 3.63) is 28.8 Å². The average molecular weight is 298 g/mol. The molecule has 0 saturated carbocycles. The monoisotopic (exact) mass is 297 g/mol. The molecule has 1 fully saturated rings. The highest BCUT2D eigenvalue weighted by atomic mass is 35.5. The molecule has 0 bridgehead atoms.